The van der Waals surface area contributed by atoms with Crippen molar-refractivity contribution in [1.29, 1.82) is 0 Å². The molecule has 1 rings (SSSR count). The van der Waals surface area contributed by atoms with Crippen LogP contribution in [0.15, 0.2) is 0 Å². The number of aliphatic carboxylic acids is 1. The first-order valence-corrected chi connectivity index (χ1v) is 7.59. The summed E-state index contributed by atoms with van der Waals surface area (Å²) < 4.78 is 0. The summed E-state index contributed by atoms with van der Waals surface area (Å²) in [7, 11) is 0. The molecule has 0 spiro atoms. The number of carbonyl (C=O) groups is 2. The van der Waals surface area contributed by atoms with E-state index in [2.05, 4.69) is 5.32 Å². The van der Waals surface area contributed by atoms with Crippen LogP contribution in [0.3, 0.4) is 0 Å². The molecule has 1 saturated heterocycles. The van der Waals surface area contributed by atoms with E-state index in [0.29, 0.717) is 25.9 Å². The number of nitrogens with one attached hydrogen (secondary N) is 1. The number of carboxylic acids is 1. The fourth-order valence-corrected chi connectivity index (χ4v) is 2.90. The van der Waals surface area contributed by atoms with Crippen LogP contribution < -0.4 is 5.32 Å². The minimum absolute atomic E-state index is 0.247. The van der Waals surface area contributed by atoms with E-state index in [4.69, 9.17) is 0 Å². The minimum atomic E-state index is -1.13. The van der Waals surface area contributed by atoms with E-state index in [0.717, 1.165) is 17.9 Å². The molecule has 1 heterocycles. The number of amides is 2. The van der Waals surface area contributed by atoms with Crippen LogP contribution in [-0.4, -0.2) is 52.1 Å². The summed E-state index contributed by atoms with van der Waals surface area (Å²) in [5.74, 6) is 1.03. The topological polar surface area (TPSA) is 69.6 Å². The highest BCUT2D eigenvalue weighted by atomic mass is 32.2. The number of hydrogen-bond donors (Lipinski definition) is 2. The third-order valence-corrected chi connectivity index (χ3v) is 4.52. The van der Waals surface area contributed by atoms with Gasteiger partial charge in [-0.05, 0) is 25.0 Å². The SMILES string of the molecule is CCC(CC)(NC(=O)N1CCCSCC1)C(=O)O. The molecule has 0 aromatic heterocycles. The van der Waals surface area contributed by atoms with E-state index in [-0.39, 0.29) is 6.03 Å². The van der Waals surface area contributed by atoms with Gasteiger partial charge in [-0.3, -0.25) is 0 Å². The number of carbonyl (C=O) groups excluding carboxylic acids is 1. The molecule has 0 aromatic rings. The zero-order valence-corrected chi connectivity index (χ0v) is 11.9. The van der Waals surface area contributed by atoms with Gasteiger partial charge < -0.3 is 15.3 Å². The van der Waals surface area contributed by atoms with Crippen LogP contribution in [-0.2, 0) is 4.79 Å². The highest BCUT2D eigenvalue weighted by molar-refractivity contribution is 7.99. The number of rotatable bonds is 4. The largest absolute Gasteiger partial charge is 0.480 e. The molecule has 2 N–H and O–H groups in total. The zero-order valence-electron chi connectivity index (χ0n) is 11.1. The molecule has 5 nitrogen and oxygen atoms in total. The predicted molar refractivity (Wildman–Crippen MR) is 73.0 cm³/mol. The van der Waals surface area contributed by atoms with Gasteiger partial charge in [-0.15, -0.1) is 0 Å². The molecule has 1 aliphatic rings. The molecule has 0 radical (unpaired) electrons. The van der Waals surface area contributed by atoms with Crippen molar-refractivity contribution in [1.82, 2.24) is 10.2 Å². The average Bonchev–Trinajstić information content (AvgIpc) is 2.64. The van der Waals surface area contributed by atoms with E-state index >= 15 is 0 Å². The Morgan fingerprint density at radius 1 is 1.28 bits per heavy atom. The molecule has 1 fully saturated rings. The summed E-state index contributed by atoms with van der Waals surface area (Å²) in [6.07, 6.45) is 1.76. The van der Waals surface area contributed by atoms with Gasteiger partial charge in [-0.1, -0.05) is 13.8 Å². The zero-order chi connectivity index (χ0) is 13.6. The Hall–Kier alpha value is -0.910. The van der Waals surface area contributed by atoms with Gasteiger partial charge in [0.05, 0.1) is 0 Å². The molecule has 0 atom stereocenters. The Morgan fingerprint density at radius 3 is 2.50 bits per heavy atom. The van der Waals surface area contributed by atoms with Crippen molar-refractivity contribution in [3.05, 3.63) is 0 Å². The molecule has 1 aliphatic heterocycles. The van der Waals surface area contributed by atoms with E-state index in [1.807, 2.05) is 11.8 Å². The quantitative estimate of drug-likeness (QED) is 0.820. The maximum Gasteiger partial charge on any atom is 0.329 e. The number of thioether (sulfide) groups is 1. The summed E-state index contributed by atoms with van der Waals surface area (Å²) in [6.45, 7) is 4.98. The number of urea groups is 1. The summed E-state index contributed by atoms with van der Waals surface area (Å²) >= 11 is 1.83. The van der Waals surface area contributed by atoms with Gasteiger partial charge in [0.2, 0.25) is 0 Å². The monoisotopic (exact) mass is 274 g/mol. The lowest BCUT2D eigenvalue weighted by Crippen LogP contribution is -2.57. The highest BCUT2D eigenvalue weighted by Gasteiger charge is 2.37. The Balaban J connectivity index is 2.68. The van der Waals surface area contributed by atoms with Gasteiger partial charge in [0.15, 0.2) is 0 Å². The Labute approximate surface area is 112 Å². The van der Waals surface area contributed by atoms with E-state index < -0.39 is 11.5 Å². The molecule has 2 amide bonds. The molecular formula is C12H22N2O3S. The van der Waals surface area contributed by atoms with Crippen molar-refractivity contribution in [2.24, 2.45) is 0 Å². The van der Waals surface area contributed by atoms with Crippen molar-refractivity contribution in [3.63, 3.8) is 0 Å². The first kappa shape index (κ1) is 15.1. The van der Waals surface area contributed by atoms with Crippen LogP contribution in [0.5, 0.6) is 0 Å². The average molecular weight is 274 g/mol. The summed E-state index contributed by atoms with van der Waals surface area (Å²) in [6, 6.07) is -0.247. The normalized spacial score (nSPS) is 17.1. The van der Waals surface area contributed by atoms with Crippen LogP contribution in [0.25, 0.3) is 0 Å². The standard InChI is InChI=1S/C12H22N2O3S/c1-3-12(4-2,10(15)16)13-11(17)14-6-5-8-18-9-7-14/h3-9H2,1-2H3,(H,13,17)(H,15,16). The van der Waals surface area contributed by atoms with Gasteiger partial charge in [-0.2, -0.15) is 11.8 Å². The minimum Gasteiger partial charge on any atom is -0.480 e. The Morgan fingerprint density at radius 2 is 1.94 bits per heavy atom. The number of nitrogens with zero attached hydrogens (tertiary/aromatic N) is 1. The second-order valence-electron chi connectivity index (χ2n) is 4.48. The Kier molecular flexibility index (Phi) is 5.78. The second kappa shape index (κ2) is 6.87. The Bertz CT molecular complexity index is 298. The van der Waals surface area contributed by atoms with Gasteiger partial charge in [0, 0.05) is 18.8 Å². The third-order valence-electron chi connectivity index (χ3n) is 3.47. The lowest BCUT2D eigenvalue weighted by Gasteiger charge is -2.31. The lowest BCUT2D eigenvalue weighted by molar-refractivity contribution is -0.144. The molecule has 0 aromatic carbocycles. The molecule has 0 saturated carbocycles. The fraction of sp³-hybridized carbons (Fsp3) is 0.833. The fourth-order valence-electron chi connectivity index (χ4n) is 2.02. The highest BCUT2D eigenvalue weighted by Crippen LogP contribution is 2.17. The van der Waals surface area contributed by atoms with Gasteiger partial charge in [0.1, 0.15) is 5.54 Å². The van der Waals surface area contributed by atoms with Crippen molar-refractivity contribution in [2.45, 2.75) is 38.6 Å². The molecular weight excluding hydrogens is 252 g/mol. The van der Waals surface area contributed by atoms with E-state index in [9.17, 15) is 14.7 Å². The maximum absolute atomic E-state index is 12.1. The summed E-state index contributed by atoms with van der Waals surface area (Å²) in [5.41, 5.74) is -1.13. The second-order valence-corrected chi connectivity index (χ2v) is 5.70. The smallest absolute Gasteiger partial charge is 0.329 e. The van der Waals surface area contributed by atoms with Crippen LogP contribution in [0, 0.1) is 0 Å². The molecule has 0 aliphatic carbocycles. The molecule has 18 heavy (non-hydrogen) atoms. The van der Waals surface area contributed by atoms with Gasteiger partial charge in [0.25, 0.3) is 0 Å². The summed E-state index contributed by atoms with van der Waals surface area (Å²) in [5, 5.41) is 12.0. The van der Waals surface area contributed by atoms with Crippen molar-refractivity contribution >= 4 is 23.8 Å². The van der Waals surface area contributed by atoms with Crippen molar-refractivity contribution in [3.8, 4) is 0 Å². The van der Waals surface area contributed by atoms with E-state index in [1.54, 1.807) is 18.7 Å². The lowest BCUT2D eigenvalue weighted by atomic mass is 9.93. The van der Waals surface area contributed by atoms with Crippen molar-refractivity contribution in [2.75, 3.05) is 24.6 Å². The van der Waals surface area contributed by atoms with Crippen LogP contribution >= 0.6 is 11.8 Å². The van der Waals surface area contributed by atoms with Gasteiger partial charge >= 0.3 is 12.0 Å². The number of carboxylic acid groups (broad SMARTS) is 1. The first-order chi connectivity index (χ1) is 8.55. The molecule has 6 heteroatoms. The molecule has 104 valence electrons. The molecule has 0 unspecified atom stereocenters. The maximum atomic E-state index is 12.1. The first-order valence-electron chi connectivity index (χ1n) is 6.44. The van der Waals surface area contributed by atoms with Crippen molar-refractivity contribution < 1.29 is 14.7 Å². The predicted octanol–water partition coefficient (Wildman–Crippen LogP) is 1.78. The van der Waals surface area contributed by atoms with Crippen LogP contribution in [0.2, 0.25) is 0 Å². The van der Waals surface area contributed by atoms with Crippen LogP contribution in [0.4, 0.5) is 4.79 Å². The number of hydrogen-bond acceptors (Lipinski definition) is 3. The van der Waals surface area contributed by atoms with Gasteiger partial charge in [-0.25, -0.2) is 9.59 Å². The summed E-state index contributed by atoms with van der Waals surface area (Å²) in [4.78, 5) is 25.2. The molecule has 0 bridgehead atoms. The third kappa shape index (κ3) is 3.54. The van der Waals surface area contributed by atoms with Crippen LogP contribution in [0.1, 0.15) is 33.1 Å². The van der Waals surface area contributed by atoms with E-state index in [1.165, 1.54) is 0 Å².